The minimum Gasteiger partial charge on any atom is -0.381 e. The van der Waals surface area contributed by atoms with E-state index in [1.54, 1.807) is 18.2 Å². The summed E-state index contributed by atoms with van der Waals surface area (Å²) in [5, 5.41) is 0. The molecule has 2 aromatic rings. The van der Waals surface area contributed by atoms with Crippen molar-refractivity contribution in [1.82, 2.24) is 8.75 Å². The van der Waals surface area contributed by atoms with Crippen molar-refractivity contribution in [1.29, 1.82) is 0 Å². The van der Waals surface area contributed by atoms with E-state index in [4.69, 9.17) is 5.73 Å². The second-order valence-electron chi connectivity index (χ2n) is 2.60. The summed E-state index contributed by atoms with van der Waals surface area (Å²) in [6.45, 7) is 0. The average molecular weight is 274 g/mol. The first-order valence-corrected chi connectivity index (χ1v) is 5.25. The molecule has 0 amide bonds. The zero-order valence-electron chi connectivity index (χ0n) is 6.87. The van der Waals surface area contributed by atoms with Crippen LogP contribution in [0.3, 0.4) is 0 Å². The second-order valence-corrected chi connectivity index (χ2v) is 3.98. The number of halogens is 2. The van der Waals surface area contributed by atoms with E-state index in [9.17, 15) is 4.39 Å². The van der Waals surface area contributed by atoms with E-state index in [1.165, 1.54) is 0 Å². The van der Waals surface area contributed by atoms with Crippen molar-refractivity contribution in [2.24, 2.45) is 0 Å². The van der Waals surface area contributed by atoms with Gasteiger partial charge in [-0.2, -0.15) is 8.75 Å². The fourth-order valence-electron chi connectivity index (χ4n) is 1.07. The Balaban J connectivity index is 2.63. The maximum absolute atomic E-state index is 13.6. The van der Waals surface area contributed by atoms with E-state index in [0.29, 0.717) is 15.7 Å². The Morgan fingerprint density at radius 2 is 2.14 bits per heavy atom. The van der Waals surface area contributed by atoms with Crippen LogP contribution >= 0.6 is 27.7 Å². The normalized spacial score (nSPS) is 10.4. The molecule has 0 spiro atoms. The summed E-state index contributed by atoms with van der Waals surface area (Å²) >= 11 is 4.06. The fourth-order valence-corrected chi connectivity index (χ4v) is 1.92. The molecule has 0 radical (unpaired) electrons. The van der Waals surface area contributed by atoms with Crippen LogP contribution in [0.5, 0.6) is 0 Å². The smallest absolute Gasteiger partial charge is 0.165 e. The van der Waals surface area contributed by atoms with Crippen LogP contribution in [-0.2, 0) is 0 Å². The summed E-state index contributed by atoms with van der Waals surface area (Å²) in [7, 11) is 0. The molecule has 0 atom stereocenters. The van der Waals surface area contributed by atoms with Gasteiger partial charge in [-0.3, -0.25) is 0 Å². The highest BCUT2D eigenvalue weighted by molar-refractivity contribution is 9.10. The molecular formula is C8H5BrFN3S. The molecule has 6 heteroatoms. The van der Waals surface area contributed by atoms with Crippen molar-refractivity contribution in [3.05, 3.63) is 28.5 Å². The van der Waals surface area contributed by atoms with Gasteiger partial charge in [-0.15, -0.1) is 0 Å². The molecule has 1 aromatic carbocycles. The number of hydrogen-bond donors (Lipinski definition) is 1. The molecule has 2 N–H and O–H groups in total. The molecule has 0 aliphatic rings. The van der Waals surface area contributed by atoms with E-state index < -0.39 is 0 Å². The third-order valence-electron chi connectivity index (χ3n) is 1.72. The molecule has 14 heavy (non-hydrogen) atoms. The fraction of sp³-hybridized carbons (Fsp3) is 0. The molecule has 0 bridgehead atoms. The third-order valence-corrected chi connectivity index (χ3v) is 2.88. The number of nitrogen functional groups attached to an aromatic ring is 1. The first-order chi connectivity index (χ1) is 6.70. The summed E-state index contributed by atoms with van der Waals surface area (Å²) in [5.41, 5.74) is 6.31. The van der Waals surface area contributed by atoms with Crippen LogP contribution in [0.2, 0.25) is 0 Å². The van der Waals surface area contributed by atoms with Gasteiger partial charge in [0.2, 0.25) is 0 Å². The van der Waals surface area contributed by atoms with Crippen molar-refractivity contribution in [2.75, 3.05) is 5.73 Å². The average Bonchev–Trinajstić information content (AvgIpc) is 2.57. The molecule has 0 fully saturated rings. The third kappa shape index (κ3) is 1.51. The minimum absolute atomic E-state index is 0.256. The molecule has 0 aliphatic heterocycles. The lowest BCUT2D eigenvalue weighted by atomic mass is 10.1. The van der Waals surface area contributed by atoms with Crippen molar-refractivity contribution in [2.45, 2.75) is 0 Å². The van der Waals surface area contributed by atoms with Crippen molar-refractivity contribution in [3.8, 4) is 11.3 Å². The van der Waals surface area contributed by atoms with Crippen molar-refractivity contribution < 1.29 is 4.39 Å². The highest BCUT2D eigenvalue weighted by atomic mass is 79.9. The second kappa shape index (κ2) is 3.62. The molecule has 1 heterocycles. The lowest BCUT2D eigenvalue weighted by Gasteiger charge is -2.00. The number of anilines is 1. The molecule has 0 saturated carbocycles. The zero-order chi connectivity index (χ0) is 10.1. The number of nitrogens with two attached hydrogens (primary N) is 1. The van der Waals surface area contributed by atoms with Crippen LogP contribution in [0.15, 0.2) is 22.7 Å². The van der Waals surface area contributed by atoms with Gasteiger partial charge in [0.15, 0.2) is 5.82 Å². The van der Waals surface area contributed by atoms with Crippen molar-refractivity contribution >= 4 is 33.5 Å². The first-order valence-electron chi connectivity index (χ1n) is 3.72. The molecular weight excluding hydrogens is 269 g/mol. The maximum atomic E-state index is 13.6. The van der Waals surface area contributed by atoms with Crippen LogP contribution in [0.4, 0.5) is 10.2 Å². The molecule has 2 rings (SSSR count). The van der Waals surface area contributed by atoms with E-state index in [1.807, 2.05) is 0 Å². The minimum atomic E-state index is -0.369. The molecule has 0 aliphatic carbocycles. The lowest BCUT2D eigenvalue weighted by Crippen LogP contribution is -1.91. The summed E-state index contributed by atoms with van der Waals surface area (Å²) in [6.07, 6.45) is 0. The van der Waals surface area contributed by atoms with Gasteiger partial charge in [0.05, 0.1) is 16.2 Å². The number of aromatic nitrogens is 2. The predicted molar refractivity (Wildman–Crippen MR) is 57.4 cm³/mol. The molecule has 72 valence electrons. The van der Waals surface area contributed by atoms with Gasteiger partial charge in [-0.25, -0.2) is 4.39 Å². The SMILES string of the molecule is Nc1nsnc1-c1cccc(Br)c1F. The summed E-state index contributed by atoms with van der Waals surface area (Å²) in [4.78, 5) is 0. The van der Waals surface area contributed by atoms with Crippen LogP contribution in [-0.4, -0.2) is 8.75 Å². The predicted octanol–water partition coefficient (Wildman–Crippen LogP) is 2.69. The van der Waals surface area contributed by atoms with Gasteiger partial charge < -0.3 is 5.73 Å². The Morgan fingerprint density at radius 1 is 1.36 bits per heavy atom. The lowest BCUT2D eigenvalue weighted by molar-refractivity contribution is 0.624. The van der Waals surface area contributed by atoms with Crippen LogP contribution in [0.1, 0.15) is 0 Å². The van der Waals surface area contributed by atoms with Gasteiger partial charge in [-0.05, 0) is 28.1 Å². The van der Waals surface area contributed by atoms with E-state index >= 15 is 0 Å². The summed E-state index contributed by atoms with van der Waals surface area (Å²) < 4.78 is 21.7. The Labute approximate surface area is 92.2 Å². The summed E-state index contributed by atoms with van der Waals surface area (Å²) in [5.74, 6) is -0.112. The molecule has 0 unspecified atom stereocenters. The molecule has 3 nitrogen and oxygen atoms in total. The van der Waals surface area contributed by atoms with Crippen LogP contribution in [0.25, 0.3) is 11.3 Å². The topological polar surface area (TPSA) is 51.8 Å². The van der Waals surface area contributed by atoms with Crippen LogP contribution < -0.4 is 5.73 Å². The molecule has 0 saturated heterocycles. The van der Waals surface area contributed by atoms with Gasteiger partial charge in [-0.1, -0.05) is 6.07 Å². The largest absolute Gasteiger partial charge is 0.381 e. The maximum Gasteiger partial charge on any atom is 0.165 e. The zero-order valence-corrected chi connectivity index (χ0v) is 9.27. The number of hydrogen-bond acceptors (Lipinski definition) is 4. The Kier molecular flexibility index (Phi) is 2.47. The van der Waals surface area contributed by atoms with Crippen LogP contribution in [0, 0.1) is 5.82 Å². The summed E-state index contributed by atoms with van der Waals surface area (Å²) in [6, 6.07) is 4.96. The van der Waals surface area contributed by atoms with E-state index in [-0.39, 0.29) is 11.6 Å². The first kappa shape index (κ1) is 9.54. The number of nitrogens with zero attached hydrogens (tertiary/aromatic N) is 2. The Morgan fingerprint density at radius 3 is 2.79 bits per heavy atom. The van der Waals surface area contributed by atoms with Gasteiger partial charge in [0, 0.05) is 5.56 Å². The van der Waals surface area contributed by atoms with E-state index in [0.717, 1.165) is 11.7 Å². The van der Waals surface area contributed by atoms with Gasteiger partial charge >= 0.3 is 0 Å². The number of rotatable bonds is 1. The Hall–Kier alpha value is -1.01. The van der Waals surface area contributed by atoms with Crippen molar-refractivity contribution in [3.63, 3.8) is 0 Å². The van der Waals surface area contributed by atoms with Gasteiger partial charge in [0.1, 0.15) is 11.5 Å². The monoisotopic (exact) mass is 273 g/mol. The highest BCUT2D eigenvalue weighted by Gasteiger charge is 2.13. The van der Waals surface area contributed by atoms with Gasteiger partial charge in [0.25, 0.3) is 0 Å². The highest BCUT2D eigenvalue weighted by Crippen LogP contribution is 2.29. The standard InChI is InChI=1S/C8H5BrFN3S/c9-5-3-1-2-4(6(5)10)7-8(11)13-14-12-7/h1-3H,(H2,11,13). The quantitative estimate of drug-likeness (QED) is 0.869. The molecule has 1 aromatic heterocycles. The van der Waals surface area contributed by atoms with E-state index in [2.05, 4.69) is 24.7 Å². The number of benzene rings is 1. The Bertz CT molecular complexity index is 471.